The molecular formula is C11H18N4O2S. The van der Waals surface area contributed by atoms with Crippen LogP contribution < -0.4 is 10.2 Å². The highest BCUT2D eigenvalue weighted by atomic mass is 32.1. The van der Waals surface area contributed by atoms with Crippen molar-refractivity contribution in [2.45, 2.75) is 32.2 Å². The Labute approximate surface area is 110 Å². The summed E-state index contributed by atoms with van der Waals surface area (Å²) in [6, 6.07) is -0.556. The quantitative estimate of drug-likeness (QED) is 0.823. The maximum absolute atomic E-state index is 11.2. The van der Waals surface area contributed by atoms with E-state index >= 15 is 0 Å². The van der Waals surface area contributed by atoms with E-state index in [1.165, 1.54) is 11.5 Å². The van der Waals surface area contributed by atoms with Crippen LogP contribution in [0.1, 0.15) is 26.6 Å². The number of hydrogen-bond acceptors (Lipinski definition) is 6. The lowest BCUT2D eigenvalue weighted by Crippen LogP contribution is -2.55. The van der Waals surface area contributed by atoms with E-state index in [0.29, 0.717) is 18.2 Å². The van der Waals surface area contributed by atoms with Gasteiger partial charge >= 0.3 is 5.97 Å². The maximum Gasteiger partial charge on any atom is 0.327 e. The number of carbonyl (C=O) groups is 1. The number of carboxylic acids is 1. The number of aliphatic carboxylic acids is 1. The number of piperazine rings is 1. The number of nitrogens with zero attached hydrogens (tertiary/aromatic N) is 3. The van der Waals surface area contributed by atoms with Crippen molar-refractivity contribution in [3.05, 3.63) is 5.82 Å². The summed E-state index contributed by atoms with van der Waals surface area (Å²) in [5.74, 6) is -0.0557. The zero-order valence-corrected chi connectivity index (χ0v) is 11.6. The highest BCUT2D eigenvalue weighted by Crippen LogP contribution is 2.26. The molecule has 0 aliphatic carbocycles. The minimum atomic E-state index is -0.824. The first kappa shape index (κ1) is 13.2. The summed E-state index contributed by atoms with van der Waals surface area (Å²) < 4.78 is 4.33. The van der Waals surface area contributed by atoms with Gasteiger partial charge in [0.15, 0.2) is 0 Å². The lowest BCUT2D eigenvalue weighted by atomic mass is 9.96. The molecule has 1 aliphatic rings. The van der Waals surface area contributed by atoms with Crippen molar-refractivity contribution < 1.29 is 9.90 Å². The molecule has 1 aromatic heterocycles. The molecule has 1 unspecified atom stereocenters. The molecule has 0 radical (unpaired) electrons. The number of hydrogen-bond donors (Lipinski definition) is 2. The topological polar surface area (TPSA) is 78.4 Å². The maximum atomic E-state index is 11.2. The molecule has 6 nitrogen and oxygen atoms in total. The Hall–Kier alpha value is -1.21. The zero-order chi connectivity index (χ0) is 13.3. The van der Waals surface area contributed by atoms with Gasteiger partial charge in [0.25, 0.3) is 0 Å². The Morgan fingerprint density at radius 1 is 1.56 bits per heavy atom. The summed E-state index contributed by atoms with van der Waals surface area (Å²) >= 11 is 1.28. The summed E-state index contributed by atoms with van der Waals surface area (Å²) in [6.07, 6.45) is 0. The first-order valence-electron chi connectivity index (χ1n) is 5.94. The molecule has 0 amide bonds. The van der Waals surface area contributed by atoms with E-state index in [-0.39, 0.29) is 5.41 Å². The van der Waals surface area contributed by atoms with Crippen LogP contribution in [0.15, 0.2) is 0 Å². The normalized spacial score (nSPS) is 21.1. The van der Waals surface area contributed by atoms with Crippen molar-refractivity contribution in [2.75, 3.05) is 24.5 Å². The van der Waals surface area contributed by atoms with Crippen LogP contribution in [0.5, 0.6) is 0 Å². The Kier molecular flexibility index (Phi) is 3.54. The van der Waals surface area contributed by atoms with Gasteiger partial charge in [-0.3, -0.25) is 0 Å². The first-order chi connectivity index (χ1) is 8.39. The molecule has 100 valence electrons. The predicted octanol–water partition coefficient (Wildman–Crippen LogP) is 0.698. The number of nitrogens with one attached hydrogen (secondary N) is 1. The van der Waals surface area contributed by atoms with E-state index in [4.69, 9.17) is 0 Å². The Morgan fingerprint density at radius 3 is 2.83 bits per heavy atom. The third-order valence-corrected chi connectivity index (χ3v) is 3.61. The molecule has 2 N–H and O–H groups in total. The van der Waals surface area contributed by atoms with Gasteiger partial charge in [0.05, 0.1) is 0 Å². The third kappa shape index (κ3) is 2.62. The van der Waals surface area contributed by atoms with E-state index in [1.54, 1.807) is 0 Å². The minimum Gasteiger partial charge on any atom is -0.480 e. The largest absolute Gasteiger partial charge is 0.480 e. The number of carboxylic acid groups (broad SMARTS) is 1. The third-order valence-electron chi connectivity index (χ3n) is 2.86. The van der Waals surface area contributed by atoms with Crippen LogP contribution in [0.2, 0.25) is 0 Å². The van der Waals surface area contributed by atoms with Crippen molar-refractivity contribution >= 4 is 22.6 Å². The fraction of sp³-hybridized carbons (Fsp3) is 0.727. The molecule has 18 heavy (non-hydrogen) atoms. The molecule has 0 saturated carbocycles. The average molecular weight is 270 g/mol. The minimum absolute atomic E-state index is 0.110. The second kappa shape index (κ2) is 4.81. The first-order valence-corrected chi connectivity index (χ1v) is 6.71. The van der Waals surface area contributed by atoms with Crippen molar-refractivity contribution in [3.8, 4) is 0 Å². The molecule has 2 heterocycles. The van der Waals surface area contributed by atoms with Gasteiger partial charge in [-0.05, 0) is 0 Å². The van der Waals surface area contributed by atoms with E-state index in [9.17, 15) is 9.90 Å². The van der Waals surface area contributed by atoms with Gasteiger partial charge in [0.2, 0.25) is 5.13 Å². The van der Waals surface area contributed by atoms with Crippen LogP contribution in [-0.4, -0.2) is 46.1 Å². The van der Waals surface area contributed by atoms with Gasteiger partial charge in [-0.2, -0.15) is 4.37 Å². The van der Waals surface area contributed by atoms with Crippen molar-refractivity contribution in [3.63, 3.8) is 0 Å². The van der Waals surface area contributed by atoms with Crippen molar-refractivity contribution in [1.82, 2.24) is 14.7 Å². The molecule has 1 atom stereocenters. The average Bonchev–Trinajstić information content (AvgIpc) is 2.77. The highest BCUT2D eigenvalue weighted by molar-refractivity contribution is 7.09. The van der Waals surface area contributed by atoms with Gasteiger partial charge in [0.1, 0.15) is 11.9 Å². The Bertz CT molecular complexity index is 440. The van der Waals surface area contributed by atoms with Crippen LogP contribution in [-0.2, 0) is 10.2 Å². The molecule has 2 rings (SSSR count). The van der Waals surface area contributed by atoms with Crippen LogP contribution in [0, 0.1) is 0 Å². The summed E-state index contributed by atoms with van der Waals surface area (Å²) in [4.78, 5) is 17.5. The van der Waals surface area contributed by atoms with Gasteiger partial charge in [-0.15, -0.1) is 0 Å². The Morgan fingerprint density at radius 2 is 2.28 bits per heavy atom. The molecule has 1 aromatic rings. The standard InChI is InChI=1S/C11H18N4O2S/c1-11(2,3)9-13-10(18-14-9)15-5-4-12-6-7(15)8(16)17/h7,12H,4-6H2,1-3H3,(H,16,17). The smallest absolute Gasteiger partial charge is 0.327 e. The van der Waals surface area contributed by atoms with Crippen LogP contribution >= 0.6 is 11.5 Å². The fourth-order valence-corrected chi connectivity index (χ4v) is 2.72. The van der Waals surface area contributed by atoms with Gasteiger partial charge < -0.3 is 15.3 Å². The van der Waals surface area contributed by atoms with Gasteiger partial charge in [-0.1, -0.05) is 20.8 Å². The van der Waals surface area contributed by atoms with Crippen LogP contribution in [0.3, 0.4) is 0 Å². The number of aromatic nitrogens is 2. The molecule has 7 heteroatoms. The molecule has 1 aliphatic heterocycles. The zero-order valence-electron chi connectivity index (χ0n) is 10.8. The highest BCUT2D eigenvalue weighted by Gasteiger charge is 2.31. The number of rotatable bonds is 2. The van der Waals surface area contributed by atoms with Crippen molar-refractivity contribution in [2.24, 2.45) is 0 Å². The van der Waals surface area contributed by atoms with Crippen LogP contribution in [0.4, 0.5) is 5.13 Å². The molecular weight excluding hydrogens is 252 g/mol. The lowest BCUT2D eigenvalue weighted by Gasteiger charge is -2.32. The van der Waals surface area contributed by atoms with E-state index in [0.717, 1.165) is 12.4 Å². The van der Waals surface area contributed by atoms with E-state index in [2.05, 4.69) is 14.7 Å². The van der Waals surface area contributed by atoms with Gasteiger partial charge in [0, 0.05) is 36.6 Å². The molecule has 0 bridgehead atoms. The van der Waals surface area contributed by atoms with Crippen molar-refractivity contribution in [1.29, 1.82) is 0 Å². The monoisotopic (exact) mass is 270 g/mol. The second-order valence-corrected chi connectivity index (χ2v) is 6.13. The molecule has 0 aromatic carbocycles. The van der Waals surface area contributed by atoms with E-state index < -0.39 is 12.0 Å². The summed E-state index contributed by atoms with van der Waals surface area (Å²) in [5.41, 5.74) is -0.110. The lowest BCUT2D eigenvalue weighted by molar-refractivity contribution is -0.138. The predicted molar refractivity (Wildman–Crippen MR) is 70.2 cm³/mol. The second-order valence-electron chi connectivity index (χ2n) is 5.40. The summed E-state index contributed by atoms with van der Waals surface area (Å²) in [5, 5.41) is 13.0. The number of anilines is 1. The summed E-state index contributed by atoms with van der Waals surface area (Å²) in [6.45, 7) is 8.01. The molecule has 0 spiro atoms. The molecule has 1 fully saturated rings. The molecule has 1 saturated heterocycles. The van der Waals surface area contributed by atoms with Crippen LogP contribution in [0.25, 0.3) is 0 Å². The summed E-state index contributed by atoms with van der Waals surface area (Å²) in [7, 11) is 0. The fourth-order valence-electron chi connectivity index (χ4n) is 1.79. The SMILES string of the molecule is CC(C)(C)c1nsc(N2CCNCC2C(=O)O)n1. The van der Waals surface area contributed by atoms with E-state index in [1.807, 2.05) is 25.7 Å². The van der Waals surface area contributed by atoms with Gasteiger partial charge in [-0.25, -0.2) is 9.78 Å². The Balaban J connectivity index is 2.24.